The van der Waals surface area contributed by atoms with Crippen LogP contribution in [0.1, 0.15) is 17.5 Å². The molecule has 1 spiro atoms. The first kappa shape index (κ1) is 17.4. The monoisotopic (exact) mass is 329 g/mol. The molecule has 130 valence electrons. The summed E-state index contributed by atoms with van der Waals surface area (Å²) in [7, 11) is 1.76. The lowest BCUT2D eigenvalue weighted by Crippen LogP contribution is -2.40. The minimum atomic E-state index is 0.233. The zero-order valence-corrected chi connectivity index (χ0v) is 14.5. The standard InChI is InChI=1S/C19H27N3O2/c1-23-9-7-21-6-5-19(14-21)15-22(8-10-24-16-19)13-18-4-2-3-17(11-18)12-20/h2-4,11H,5-10,13-16H2,1H3/t19-/m1/s1. The molecule has 5 nitrogen and oxygen atoms in total. The van der Waals surface area contributed by atoms with Crippen LogP contribution in [-0.2, 0) is 16.0 Å². The van der Waals surface area contributed by atoms with E-state index in [-0.39, 0.29) is 5.41 Å². The summed E-state index contributed by atoms with van der Waals surface area (Å²) >= 11 is 0. The molecule has 0 aromatic heterocycles. The van der Waals surface area contributed by atoms with Gasteiger partial charge in [0.2, 0.25) is 0 Å². The van der Waals surface area contributed by atoms with Crippen molar-refractivity contribution in [2.75, 3.05) is 59.7 Å². The van der Waals surface area contributed by atoms with Crippen LogP contribution in [0.15, 0.2) is 24.3 Å². The summed E-state index contributed by atoms with van der Waals surface area (Å²) in [6, 6.07) is 10.2. The summed E-state index contributed by atoms with van der Waals surface area (Å²) < 4.78 is 11.2. The summed E-state index contributed by atoms with van der Waals surface area (Å²) in [5, 5.41) is 9.08. The van der Waals surface area contributed by atoms with E-state index in [1.54, 1.807) is 7.11 Å². The molecular formula is C19H27N3O2. The zero-order chi connectivity index (χ0) is 16.8. The number of ether oxygens (including phenoxy) is 2. The average Bonchev–Trinajstić information content (AvgIpc) is 2.88. The first-order valence-electron chi connectivity index (χ1n) is 8.73. The van der Waals surface area contributed by atoms with Crippen LogP contribution in [0.3, 0.4) is 0 Å². The van der Waals surface area contributed by atoms with Gasteiger partial charge in [-0.3, -0.25) is 4.90 Å². The fourth-order valence-corrected chi connectivity index (χ4v) is 3.90. The summed E-state index contributed by atoms with van der Waals surface area (Å²) in [5.41, 5.74) is 2.18. The molecule has 0 bridgehead atoms. The summed E-state index contributed by atoms with van der Waals surface area (Å²) in [6.45, 7) is 8.56. The highest BCUT2D eigenvalue weighted by molar-refractivity contribution is 5.32. The van der Waals surface area contributed by atoms with Gasteiger partial charge in [0.05, 0.1) is 31.5 Å². The molecule has 1 atom stereocenters. The Morgan fingerprint density at radius 2 is 2.17 bits per heavy atom. The van der Waals surface area contributed by atoms with Crippen LogP contribution in [0.2, 0.25) is 0 Å². The number of likely N-dealkylation sites (tertiary alicyclic amines) is 1. The molecule has 1 aromatic carbocycles. The quantitative estimate of drug-likeness (QED) is 0.823. The van der Waals surface area contributed by atoms with Crippen LogP contribution in [0, 0.1) is 16.7 Å². The maximum absolute atomic E-state index is 9.08. The Labute approximate surface area is 144 Å². The summed E-state index contributed by atoms with van der Waals surface area (Å²) in [6.07, 6.45) is 1.19. The molecular weight excluding hydrogens is 302 g/mol. The molecule has 24 heavy (non-hydrogen) atoms. The van der Waals surface area contributed by atoms with Gasteiger partial charge in [0.1, 0.15) is 0 Å². The number of hydrogen-bond acceptors (Lipinski definition) is 5. The van der Waals surface area contributed by atoms with Crippen LogP contribution in [0.25, 0.3) is 0 Å². The van der Waals surface area contributed by atoms with E-state index in [1.807, 2.05) is 18.2 Å². The number of nitrogens with zero attached hydrogens (tertiary/aromatic N) is 3. The number of nitriles is 1. The molecule has 0 radical (unpaired) electrons. The van der Waals surface area contributed by atoms with Crippen LogP contribution in [0.5, 0.6) is 0 Å². The lowest BCUT2D eigenvalue weighted by Gasteiger charge is -2.32. The van der Waals surface area contributed by atoms with Crippen molar-refractivity contribution in [2.45, 2.75) is 13.0 Å². The number of methoxy groups -OCH3 is 1. The van der Waals surface area contributed by atoms with E-state index in [0.717, 1.165) is 64.7 Å². The fraction of sp³-hybridized carbons (Fsp3) is 0.632. The minimum absolute atomic E-state index is 0.233. The van der Waals surface area contributed by atoms with Crippen molar-refractivity contribution < 1.29 is 9.47 Å². The van der Waals surface area contributed by atoms with E-state index in [0.29, 0.717) is 0 Å². The SMILES string of the molecule is COCCN1CC[C@@]2(COCCN(Cc3cccc(C#N)c3)C2)C1. The molecule has 0 aliphatic carbocycles. The van der Waals surface area contributed by atoms with Gasteiger partial charge in [0.25, 0.3) is 0 Å². The second-order valence-corrected chi connectivity index (χ2v) is 7.09. The molecule has 5 heteroatoms. The van der Waals surface area contributed by atoms with Crippen LogP contribution in [-0.4, -0.2) is 69.5 Å². The van der Waals surface area contributed by atoms with Gasteiger partial charge in [-0.1, -0.05) is 12.1 Å². The van der Waals surface area contributed by atoms with E-state index in [9.17, 15) is 0 Å². The van der Waals surface area contributed by atoms with Gasteiger partial charge >= 0.3 is 0 Å². The Hall–Kier alpha value is -1.45. The lowest BCUT2D eigenvalue weighted by molar-refractivity contribution is 0.0682. The lowest BCUT2D eigenvalue weighted by atomic mass is 9.87. The van der Waals surface area contributed by atoms with E-state index >= 15 is 0 Å². The van der Waals surface area contributed by atoms with Gasteiger partial charge < -0.3 is 14.4 Å². The Bertz CT molecular complexity index is 586. The van der Waals surface area contributed by atoms with Crippen molar-refractivity contribution in [3.8, 4) is 6.07 Å². The Kier molecular flexibility index (Phi) is 5.85. The molecule has 3 rings (SSSR count). The molecule has 0 unspecified atom stereocenters. The zero-order valence-electron chi connectivity index (χ0n) is 14.5. The molecule has 0 amide bonds. The predicted octanol–water partition coefficient (Wildman–Crippen LogP) is 1.73. The van der Waals surface area contributed by atoms with E-state index in [2.05, 4.69) is 21.9 Å². The highest BCUT2D eigenvalue weighted by Crippen LogP contribution is 2.33. The summed E-state index contributed by atoms with van der Waals surface area (Å²) in [4.78, 5) is 4.98. The van der Waals surface area contributed by atoms with Crippen molar-refractivity contribution in [1.82, 2.24) is 9.80 Å². The maximum Gasteiger partial charge on any atom is 0.0991 e. The van der Waals surface area contributed by atoms with Gasteiger partial charge in [0.15, 0.2) is 0 Å². The van der Waals surface area contributed by atoms with Gasteiger partial charge in [-0.15, -0.1) is 0 Å². The average molecular weight is 329 g/mol. The Morgan fingerprint density at radius 3 is 3.00 bits per heavy atom. The van der Waals surface area contributed by atoms with Gasteiger partial charge in [-0.05, 0) is 30.7 Å². The number of rotatable bonds is 5. The van der Waals surface area contributed by atoms with Crippen LogP contribution < -0.4 is 0 Å². The van der Waals surface area contributed by atoms with Crippen molar-refractivity contribution in [3.05, 3.63) is 35.4 Å². The van der Waals surface area contributed by atoms with E-state index in [1.165, 1.54) is 12.0 Å². The number of hydrogen-bond donors (Lipinski definition) is 0. The topological polar surface area (TPSA) is 48.7 Å². The van der Waals surface area contributed by atoms with Gasteiger partial charge in [-0.25, -0.2) is 0 Å². The van der Waals surface area contributed by atoms with Crippen molar-refractivity contribution >= 4 is 0 Å². The summed E-state index contributed by atoms with van der Waals surface area (Å²) in [5.74, 6) is 0. The molecule has 2 heterocycles. The van der Waals surface area contributed by atoms with Crippen molar-refractivity contribution in [1.29, 1.82) is 5.26 Å². The molecule has 2 saturated heterocycles. The molecule has 0 saturated carbocycles. The first-order valence-corrected chi connectivity index (χ1v) is 8.73. The highest BCUT2D eigenvalue weighted by atomic mass is 16.5. The van der Waals surface area contributed by atoms with E-state index in [4.69, 9.17) is 14.7 Å². The molecule has 2 aliphatic heterocycles. The van der Waals surface area contributed by atoms with Gasteiger partial charge in [-0.2, -0.15) is 5.26 Å². The normalized spacial score (nSPS) is 25.7. The van der Waals surface area contributed by atoms with E-state index < -0.39 is 0 Å². The third-order valence-corrected chi connectivity index (χ3v) is 5.11. The van der Waals surface area contributed by atoms with Crippen LogP contribution in [0.4, 0.5) is 0 Å². The maximum atomic E-state index is 9.08. The van der Waals surface area contributed by atoms with Crippen molar-refractivity contribution in [2.24, 2.45) is 5.41 Å². The predicted molar refractivity (Wildman–Crippen MR) is 92.6 cm³/mol. The molecule has 0 N–H and O–H groups in total. The minimum Gasteiger partial charge on any atom is -0.383 e. The second-order valence-electron chi connectivity index (χ2n) is 7.09. The number of benzene rings is 1. The first-order chi connectivity index (χ1) is 11.7. The van der Waals surface area contributed by atoms with Gasteiger partial charge in [0, 0.05) is 45.2 Å². The Morgan fingerprint density at radius 1 is 1.29 bits per heavy atom. The molecule has 2 aliphatic rings. The van der Waals surface area contributed by atoms with Crippen molar-refractivity contribution in [3.63, 3.8) is 0 Å². The molecule has 2 fully saturated rings. The highest BCUT2D eigenvalue weighted by Gasteiger charge is 2.40. The second kappa shape index (κ2) is 8.09. The Balaban J connectivity index is 1.63. The fourth-order valence-electron chi connectivity index (χ4n) is 3.90. The molecule has 1 aromatic rings. The third-order valence-electron chi connectivity index (χ3n) is 5.11. The van der Waals surface area contributed by atoms with Crippen LogP contribution >= 0.6 is 0 Å². The largest absolute Gasteiger partial charge is 0.383 e. The third kappa shape index (κ3) is 4.34. The smallest absolute Gasteiger partial charge is 0.0991 e.